The van der Waals surface area contributed by atoms with Crippen molar-refractivity contribution in [3.05, 3.63) is 90.5 Å². The number of amides is 3. The van der Waals surface area contributed by atoms with Gasteiger partial charge in [0.05, 0.1) is 16.6 Å². The van der Waals surface area contributed by atoms with Crippen molar-refractivity contribution in [3.8, 4) is 0 Å². The summed E-state index contributed by atoms with van der Waals surface area (Å²) < 4.78 is -1.20. The average Bonchev–Trinajstić information content (AvgIpc) is 3.59. The van der Waals surface area contributed by atoms with Crippen LogP contribution in [0.15, 0.2) is 79.9 Å². The highest BCUT2D eigenvalue weighted by Crippen LogP contribution is 2.71. The van der Waals surface area contributed by atoms with E-state index in [1.54, 1.807) is 50.7 Å². The van der Waals surface area contributed by atoms with Crippen molar-refractivity contribution in [3.63, 3.8) is 0 Å². The zero-order valence-electron chi connectivity index (χ0n) is 25.4. The van der Waals surface area contributed by atoms with E-state index in [0.717, 1.165) is 18.4 Å². The predicted octanol–water partition coefficient (Wildman–Crippen LogP) is 5.72. The maximum absolute atomic E-state index is 14.7. The monoisotopic (exact) mass is 635 g/mol. The third-order valence-corrected chi connectivity index (χ3v) is 11.7. The van der Waals surface area contributed by atoms with Gasteiger partial charge in [-0.05, 0) is 68.9 Å². The van der Waals surface area contributed by atoms with Gasteiger partial charge in [0, 0.05) is 48.2 Å². The number of benzene rings is 2. The fraction of sp³-hybridized carbons (Fsp3) is 0.457. The molecule has 0 radical (unpaired) electrons. The van der Waals surface area contributed by atoms with Crippen LogP contribution in [0.2, 0.25) is 5.02 Å². The molecule has 7 nitrogen and oxygen atoms in total. The molecule has 0 aliphatic carbocycles. The van der Waals surface area contributed by atoms with Gasteiger partial charge in [-0.2, -0.15) is 0 Å². The second-order valence-corrected chi connectivity index (χ2v) is 14.6. The van der Waals surface area contributed by atoms with Crippen molar-refractivity contribution < 1.29 is 19.5 Å². The highest BCUT2D eigenvalue weighted by molar-refractivity contribution is 8.02. The Balaban J connectivity index is 1.54. The van der Waals surface area contributed by atoms with Crippen LogP contribution in [0.5, 0.6) is 0 Å². The summed E-state index contributed by atoms with van der Waals surface area (Å²) in [5.41, 5.74) is 1.70. The number of carbonyl (C=O) groups is 3. The number of aliphatic hydroxyl groups excluding tert-OH is 1. The maximum Gasteiger partial charge on any atom is 0.251 e. The van der Waals surface area contributed by atoms with Crippen molar-refractivity contribution in [2.45, 2.75) is 61.1 Å². The third-order valence-electron chi connectivity index (χ3n) is 9.43. The number of halogens is 1. The van der Waals surface area contributed by atoms with E-state index in [1.165, 1.54) is 0 Å². The van der Waals surface area contributed by atoms with E-state index in [0.29, 0.717) is 49.6 Å². The first-order valence-corrected chi connectivity index (χ1v) is 16.6. The lowest BCUT2D eigenvalue weighted by atomic mass is 9.66. The predicted molar refractivity (Wildman–Crippen MR) is 177 cm³/mol. The van der Waals surface area contributed by atoms with E-state index in [-0.39, 0.29) is 30.9 Å². The molecule has 3 amide bonds. The number of unbranched alkanes of at least 4 members (excludes halogenated alkanes) is 2. The van der Waals surface area contributed by atoms with Crippen LogP contribution in [0, 0.1) is 11.8 Å². The van der Waals surface area contributed by atoms with E-state index in [4.69, 9.17) is 11.6 Å². The van der Waals surface area contributed by atoms with E-state index in [2.05, 4.69) is 20.1 Å². The Morgan fingerprint density at radius 3 is 2.39 bits per heavy atom. The topological polar surface area (TPSA) is 81.2 Å². The number of thioether (sulfide) groups is 1. The Labute approximate surface area is 269 Å². The Bertz CT molecular complexity index is 1390. The average molecular weight is 636 g/mol. The summed E-state index contributed by atoms with van der Waals surface area (Å²) in [6, 6.07) is 16.2. The number of nitrogens with zero attached hydrogens (tertiary/aromatic N) is 3. The molecule has 9 heteroatoms. The lowest BCUT2D eigenvalue weighted by Gasteiger charge is -2.38. The van der Waals surface area contributed by atoms with Crippen LogP contribution in [0.25, 0.3) is 0 Å². The van der Waals surface area contributed by atoms with Crippen molar-refractivity contribution >= 4 is 46.8 Å². The van der Waals surface area contributed by atoms with E-state index < -0.39 is 27.4 Å². The Hall–Kier alpha value is -3.07. The van der Waals surface area contributed by atoms with Gasteiger partial charge < -0.3 is 19.8 Å². The summed E-state index contributed by atoms with van der Waals surface area (Å²) in [4.78, 5) is 49.1. The van der Waals surface area contributed by atoms with E-state index >= 15 is 0 Å². The minimum atomic E-state index is -0.726. The quantitative estimate of drug-likeness (QED) is 0.212. The summed E-state index contributed by atoms with van der Waals surface area (Å²) in [7, 11) is 0. The molecule has 2 bridgehead atoms. The molecule has 3 aliphatic rings. The molecule has 3 saturated heterocycles. The van der Waals surface area contributed by atoms with Crippen molar-refractivity contribution in [1.29, 1.82) is 0 Å². The second kappa shape index (κ2) is 13.5. The summed E-state index contributed by atoms with van der Waals surface area (Å²) in [6.45, 7) is 11.5. The molecular weight excluding hydrogens is 594 g/mol. The molecule has 0 aromatic heterocycles. The Morgan fingerprint density at radius 1 is 1.02 bits per heavy atom. The molecule has 0 saturated carbocycles. The van der Waals surface area contributed by atoms with Crippen molar-refractivity contribution in [2.75, 3.05) is 31.1 Å². The molecule has 1 N–H and O–H groups in total. The van der Waals surface area contributed by atoms with Gasteiger partial charge in [-0.25, -0.2) is 0 Å². The standard InChI is InChI=1S/C35H42ClN3O4S/c1-4-20-37(24-25-12-8-6-9-13-25)31(41)28-29-32(42)39(22-10-7-11-23-40)30(35(29)19-18-34(28,3)44-35)33(43)38(21-5-2)27-16-14-26(36)15-17-27/h4-6,8-9,12-17,28-30,40H,1-2,7,10-11,18-24H2,3H3/t28-,29+,30?,34+,35?/m1/s1. The number of carbonyl (C=O) groups excluding carboxylic acids is 3. The molecule has 3 heterocycles. The lowest BCUT2D eigenvalue weighted by molar-refractivity contribution is -0.145. The molecule has 2 aromatic rings. The summed E-state index contributed by atoms with van der Waals surface area (Å²) in [5.74, 6) is -1.50. The van der Waals surface area contributed by atoms with Crippen molar-refractivity contribution in [1.82, 2.24) is 9.80 Å². The highest BCUT2D eigenvalue weighted by Gasteiger charge is 2.77. The Kier molecular flexibility index (Phi) is 9.93. The fourth-order valence-corrected chi connectivity index (χ4v) is 9.97. The molecule has 44 heavy (non-hydrogen) atoms. The molecule has 2 aromatic carbocycles. The Morgan fingerprint density at radius 2 is 1.73 bits per heavy atom. The molecule has 5 atom stereocenters. The lowest BCUT2D eigenvalue weighted by Crippen LogP contribution is -2.55. The number of anilines is 1. The number of hydrogen-bond acceptors (Lipinski definition) is 5. The number of likely N-dealkylation sites (tertiary alicyclic amines) is 1. The van der Waals surface area contributed by atoms with Gasteiger partial charge in [-0.15, -0.1) is 24.9 Å². The largest absolute Gasteiger partial charge is 0.396 e. The van der Waals surface area contributed by atoms with Crippen LogP contribution >= 0.6 is 23.4 Å². The molecule has 5 rings (SSSR count). The molecular formula is C35H42ClN3O4S. The summed E-state index contributed by atoms with van der Waals surface area (Å²) >= 11 is 7.85. The van der Waals surface area contributed by atoms with E-state index in [9.17, 15) is 19.5 Å². The van der Waals surface area contributed by atoms with Gasteiger partial charge in [0.25, 0.3) is 5.91 Å². The highest BCUT2D eigenvalue weighted by atomic mass is 35.5. The summed E-state index contributed by atoms with van der Waals surface area (Å²) in [6.07, 6.45) is 6.88. The minimum absolute atomic E-state index is 0.0577. The molecule has 234 valence electrons. The summed E-state index contributed by atoms with van der Waals surface area (Å²) in [5, 5.41) is 9.93. The molecule has 3 fully saturated rings. The minimum Gasteiger partial charge on any atom is -0.396 e. The molecule has 1 spiro atoms. The van der Waals surface area contributed by atoms with Gasteiger partial charge >= 0.3 is 0 Å². The van der Waals surface area contributed by atoms with Crippen LogP contribution in [-0.2, 0) is 20.9 Å². The third kappa shape index (κ3) is 5.84. The van der Waals surface area contributed by atoms with E-state index in [1.807, 2.05) is 42.5 Å². The van der Waals surface area contributed by atoms with Gasteiger partial charge in [0.1, 0.15) is 6.04 Å². The van der Waals surface area contributed by atoms with Crippen LogP contribution in [0.4, 0.5) is 5.69 Å². The van der Waals surface area contributed by atoms with Crippen LogP contribution in [0.1, 0.15) is 44.6 Å². The SMILES string of the molecule is C=CCN(Cc1ccccc1)C(=O)[C@H]1[C@H]2C(=O)N(CCCCCO)C(C(=O)N(CC=C)c3ccc(Cl)cc3)C23CC[C@]1(C)S3. The van der Waals surface area contributed by atoms with Crippen LogP contribution in [0.3, 0.4) is 0 Å². The van der Waals surface area contributed by atoms with Gasteiger partial charge in [0.15, 0.2) is 0 Å². The molecule has 2 unspecified atom stereocenters. The van der Waals surface area contributed by atoms with Crippen molar-refractivity contribution in [2.24, 2.45) is 11.8 Å². The first-order valence-electron chi connectivity index (χ1n) is 15.4. The smallest absolute Gasteiger partial charge is 0.251 e. The van der Waals surface area contributed by atoms with Gasteiger partial charge in [-0.1, -0.05) is 54.1 Å². The maximum atomic E-state index is 14.7. The van der Waals surface area contributed by atoms with Crippen LogP contribution < -0.4 is 4.90 Å². The number of fused-ring (bicyclic) bond motifs is 1. The zero-order valence-corrected chi connectivity index (χ0v) is 26.9. The first-order chi connectivity index (χ1) is 21.2. The number of rotatable bonds is 14. The second-order valence-electron chi connectivity index (χ2n) is 12.3. The fourth-order valence-electron chi connectivity index (χ4n) is 7.50. The van der Waals surface area contributed by atoms with Gasteiger partial charge in [-0.3, -0.25) is 14.4 Å². The molecule has 3 aliphatic heterocycles. The number of aliphatic hydroxyl groups is 1. The first kappa shape index (κ1) is 32.3. The van der Waals surface area contributed by atoms with Gasteiger partial charge in [0.2, 0.25) is 11.8 Å². The normalized spacial score (nSPS) is 26.8. The van der Waals surface area contributed by atoms with Crippen LogP contribution in [-0.4, -0.2) is 74.4 Å². The zero-order chi connectivity index (χ0) is 31.5. The number of hydrogen-bond donors (Lipinski definition) is 1.